The second-order valence-electron chi connectivity index (χ2n) is 9.53. The molecule has 0 aromatic heterocycles. The molecule has 0 aliphatic heterocycles. The number of carboxylic acids is 1. The molecule has 1 aromatic carbocycles. The monoisotopic (exact) mass is 568 g/mol. The maximum Gasteiger partial charge on any atom is 0.309 e. The van der Waals surface area contributed by atoms with Gasteiger partial charge in [0.1, 0.15) is 11.5 Å². The second-order valence-corrected chi connectivity index (χ2v) is 10.7. The number of allylic oxidation sites excluding steroid dienone is 3. The van der Waals surface area contributed by atoms with Gasteiger partial charge in [-0.2, -0.15) is 0 Å². The Bertz CT molecular complexity index is 952. The van der Waals surface area contributed by atoms with E-state index < -0.39 is 23.8 Å². The minimum atomic E-state index is -0.915. The molecule has 4 unspecified atom stereocenters. The van der Waals surface area contributed by atoms with Crippen molar-refractivity contribution in [1.29, 1.82) is 0 Å². The molecule has 2 aliphatic rings. The zero-order valence-electron chi connectivity index (χ0n) is 19.2. The van der Waals surface area contributed by atoms with Gasteiger partial charge in [-0.15, -0.1) is 0 Å². The highest BCUT2D eigenvalue weighted by Gasteiger charge is 2.38. The first-order chi connectivity index (χ1) is 15.6. The van der Waals surface area contributed by atoms with Gasteiger partial charge in [-0.05, 0) is 102 Å². The molecule has 7 heteroatoms. The minimum Gasteiger partial charge on any atom is -0.508 e. The molecule has 6 nitrogen and oxygen atoms in total. The van der Waals surface area contributed by atoms with Crippen LogP contribution in [0.3, 0.4) is 0 Å². The third-order valence-corrected chi connectivity index (χ3v) is 8.21. The molecule has 0 heterocycles. The molecular formula is C26H33IO6. The summed E-state index contributed by atoms with van der Waals surface area (Å²) in [4.78, 5) is 24.1. The number of hydrogen-bond donors (Lipinski definition) is 3. The van der Waals surface area contributed by atoms with Gasteiger partial charge in [0.05, 0.1) is 22.0 Å². The molecule has 0 spiro atoms. The minimum absolute atomic E-state index is 0.138. The highest BCUT2D eigenvalue weighted by Crippen LogP contribution is 2.44. The number of aliphatic hydroxyl groups is 1. The van der Waals surface area contributed by atoms with Gasteiger partial charge in [-0.3, -0.25) is 9.59 Å². The van der Waals surface area contributed by atoms with Crippen LogP contribution in [-0.4, -0.2) is 33.9 Å². The number of carboxylic acid groups (broad SMARTS) is 1. The Morgan fingerprint density at radius 2 is 1.88 bits per heavy atom. The number of rotatable bonds is 8. The topological polar surface area (TPSA) is 104 Å². The lowest BCUT2D eigenvalue weighted by atomic mass is 9.66. The van der Waals surface area contributed by atoms with Crippen molar-refractivity contribution in [3.8, 4) is 5.75 Å². The van der Waals surface area contributed by atoms with E-state index in [-0.39, 0.29) is 23.7 Å². The first kappa shape index (κ1) is 25.6. The summed E-state index contributed by atoms with van der Waals surface area (Å²) >= 11 is 2.12. The molecule has 4 atom stereocenters. The van der Waals surface area contributed by atoms with Crippen molar-refractivity contribution in [3.05, 3.63) is 50.8 Å². The Kier molecular flexibility index (Phi) is 8.48. The van der Waals surface area contributed by atoms with Crippen molar-refractivity contribution < 1.29 is 29.6 Å². The number of halogens is 1. The van der Waals surface area contributed by atoms with Crippen molar-refractivity contribution in [2.75, 3.05) is 6.61 Å². The van der Waals surface area contributed by atoms with E-state index in [1.54, 1.807) is 12.1 Å². The summed E-state index contributed by atoms with van der Waals surface area (Å²) in [6, 6.07) is 5.63. The molecule has 3 N–H and O–H groups in total. The third-order valence-electron chi connectivity index (χ3n) is 7.35. The smallest absolute Gasteiger partial charge is 0.309 e. The maximum absolute atomic E-state index is 12.6. The van der Waals surface area contributed by atoms with E-state index in [9.17, 15) is 24.9 Å². The van der Waals surface area contributed by atoms with Crippen molar-refractivity contribution in [2.45, 2.75) is 64.2 Å². The van der Waals surface area contributed by atoms with Crippen LogP contribution in [-0.2, 0) is 19.7 Å². The zero-order valence-corrected chi connectivity index (χ0v) is 21.4. The van der Waals surface area contributed by atoms with Gasteiger partial charge in [-0.1, -0.05) is 31.9 Å². The average molecular weight is 568 g/mol. The largest absolute Gasteiger partial charge is 0.508 e. The molecule has 180 valence electrons. The number of aliphatic carboxylic acids is 1. The lowest BCUT2D eigenvalue weighted by molar-refractivity contribution is -0.159. The number of hydrogen-bond acceptors (Lipinski definition) is 5. The summed E-state index contributed by atoms with van der Waals surface area (Å²) < 4.78 is 6.32. The Balaban J connectivity index is 1.69. The molecule has 3 rings (SSSR count). The standard InChI is InChI=1S/C26H33IO6/c1-16-14-17(8-10-22(16)28)26(2,18-9-11-23(29)21(27)15-18)12-5-13-33-25(32)20-7-4-3-6-19(20)24(30)31/h8-11,15,17,19-20,28-29H,3-7,12-14H2,1-2H3,(H,30,31). The van der Waals surface area contributed by atoms with Crippen LogP contribution < -0.4 is 0 Å². The fourth-order valence-corrected chi connectivity index (χ4v) is 5.64. The summed E-state index contributed by atoms with van der Waals surface area (Å²) in [5.41, 5.74) is 1.72. The molecule has 2 aliphatic carbocycles. The molecular weight excluding hydrogens is 535 g/mol. The van der Waals surface area contributed by atoms with E-state index in [2.05, 4.69) is 29.5 Å². The van der Waals surface area contributed by atoms with Crippen LogP contribution in [0, 0.1) is 21.3 Å². The normalized spacial score (nSPS) is 24.9. The van der Waals surface area contributed by atoms with Crippen molar-refractivity contribution in [1.82, 2.24) is 0 Å². The second kappa shape index (κ2) is 10.9. The van der Waals surface area contributed by atoms with Gasteiger partial charge in [0.15, 0.2) is 0 Å². The van der Waals surface area contributed by atoms with Gasteiger partial charge in [0, 0.05) is 0 Å². The number of phenols is 1. The highest BCUT2D eigenvalue weighted by molar-refractivity contribution is 14.1. The van der Waals surface area contributed by atoms with Crippen LogP contribution in [0.25, 0.3) is 0 Å². The van der Waals surface area contributed by atoms with Gasteiger partial charge < -0.3 is 20.1 Å². The number of phenolic OH excluding ortho intramolecular Hbond substituents is 1. The fraction of sp³-hybridized carbons (Fsp3) is 0.538. The highest BCUT2D eigenvalue weighted by atomic mass is 127. The van der Waals surface area contributed by atoms with Crippen molar-refractivity contribution >= 4 is 34.5 Å². The summed E-state index contributed by atoms with van der Waals surface area (Å²) in [6.45, 7) is 4.34. The quantitative estimate of drug-likeness (QED) is 0.206. The average Bonchev–Trinajstić information content (AvgIpc) is 2.79. The molecule has 0 saturated heterocycles. The van der Waals surface area contributed by atoms with Crippen molar-refractivity contribution in [2.24, 2.45) is 17.8 Å². The third kappa shape index (κ3) is 5.91. The Morgan fingerprint density at radius 3 is 2.52 bits per heavy atom. The van der Waals surface area contributed by atoms with Gasteiger partial charge >= 0.3 is 11.9 Å². The van der Waals surface area contributed by atoms with Gasteiger partial charge in [0.2, 0.25) is 0 Å². The Hall–Kier alpha value is -2.03. The van der Waals surface area contributed by atoms with Crippen LogP contribution in [0.1, 0.15) is 64.4 Å². The van der Waals surface area contributed by atoms with E-state index in [0.717, 1.165) is 40.4 Å². The number of benzene rings is 1. The lowest BCUT2D eigenvalue weighted by Crippen LogP contribution is -2.35. The summed E-state index contributed by atoms with van der Waals surface area (Å²) in [5.74, 6) is -1.83. The van der Waals surface area contributed by atoms with E-state index in [0.29, 0.717) is 25.0 Å². The molecule has 0 amide bonds. The lowest BCUT2D eigenvalue weighted by Gasteiger charge is -2.39. The number of aromatic hydroxyl groups is 1. The van der Waals surface area contributed by atoms with E-state index in [1.807, 2.05) is 25.1 Å². The predicted octanol–water partition coefficient (Wildman–Crippen LogP) is 5.88. The van der Waals surface area contributed by atoms with E-state index in [4.69, 9.17) is 4.74 Å². The van der Waals surface area contributed by atoms with Crippen molar-refractivity contribution in [3.63, 3.8) is 0 Å². The number of aliphatic hydroxyl groups excluding tert-OH is 1. The summed E-state index contributed by atoms with van der Waals surface area (Å²) in [6.07, 6.45) is 8.66. The molecule has 0 radical (unpaired) electrons. The molecule has 0 bridgehead atoms. The van der Waals surface area contributed by atoms with Crippen LogP contribution >= 0.6 is 22.6 Å². The Labute approximate surface area is 208 Å². The van der Waals surface area contributed by atoms with E-state index >= 15 is 0 Å². The number of ether oxygens (including phenoxy) is 1. The first-order valence-corrected chi connectivity index (χ1v) is 12.7. The molecule has 33 heavy (non-hydrogen) atoms. The van der Waals surface area contributed by atoms with E-state index in [1.165, 1.54) is 0 Å². The maximum atomic E-state index is 12.6. The summed E-state index contributed by atoms with van der Waals surface area (Å²) in [5, 5.41) is 29.5. The molecule has 1 fully saturated rings. The Morgan fingerprint density at radius 1 is 1.18 bits per heavy atom. The van der Waals surface area contributed by atoms with Crippen LogP contribution in [0.2, 0.25) is 0 Å². The number of carbonyl (C=O) groups excluding carboxylic acids is 1. The van der Waals surface area contributed by atoms with Crippen LogP contribution in [0.4, 0.5) is 0 Å². The molecule has 1 saturated carbocycles. The zero-order chi connectivity index (χ0) is 24.2. The van der Waals surface area contributed by atoms with Gasteiger partial charge in [-0.25, -0.2) is 0 Å². The van der Waals surface area contributed by atoms with Gasteiger partial charge in [0.25, 0.3) is 0 Å². The number of esters is 1. The fourth-order valence-electron chi connectivity index (χ4n) is 5.12. The number of carbonyl (C=O) groups is 2. The molecule has 1 aromatic rings. The van der Waals surface area contributed by atoms with Crippen LogP contribution in [0.5, 0.6) is 5.75 Å². The predicted molar refractivity (Wildman–Crippen MR) is 134 cm³/mol. The van der Waals surface area contributed by atoms with Crippen LogP contribution in [0.15, 0.2) is 41.7 Å². The first-order valence-electron chi connectivity index (χ1n) is 11.6. The summed E-state index contributed by atoms with van der Waals surface area (Å²) in [7, 11) is 0. The SMILES string of the molecule is CC1=C(O)C=CC(C(C)(CCCOC(=O)C2CCCCC2C(=O)O)c2ccc(O)c(I)c2)C1.